The Kier molecular flexibility index (Phi) is 5.13. The van der Waals surface area contributed by atoms with Gasteiger partial charge >= 0.3 is 5.97 Å². The Balaban J connectivity index is 2.39. The number of carboxylic acid groups (broad SMARTS) is 1. The van der Waals surface area contributed by atoms with Crippen LogP contribution in [-0.2, 0) is 11.2 Å². The highest BCUT2D eigenvalue weighted by molar-refractivity contribution is 5.69. The molecule has 3 heteroatoms. The van der Waals surface area contributed by atoms with Crippen molar-refractivity contribution in [3.05, 3.63) is 35.6 Å². The van der Waals surface area contributed by atoms with Crippen molar-refractivity contribution in [2.45, 2.75) is 33.1 Å². The van der Waals surface area contributed by atoms with Crippen LogP contribution in [0.25, 0.3) is 0 Å². The number of carbonyl (C=O) groups is 1. The number of benzene rings is 1. The van der Waals surface area contributed by atoms with E-state index < -0.39 is 5.97 Å². The first-order valence-electron chi connectivity index (χ1n) is 5.96. The van der Waals surface area contributed by atoms with Crippen molar-refractivity contribution in [3.63, 3.8) is 0 Å². The van der Waals surface area contributed by atoms with E-state index in [1.165, 1.54) is 12.1 Å². The average Bonchev–Trinajstić information content (AvgIpc) is 2.25. The molecule has 0 aliphatic heterocycles. The monoisotopic (exact) mass is 238 g/mol. The molecule has 0 fully saturated rings. The molecule has 0 aliphatic rings. The maximum absolute atomic E-state index is 13.0. The highest BCUT2D eigenvalue weighted by atomic mass is 19.1. The summed E-state index contributed by atoms with van der Waals surface area (Å²) >= 11 is 0. The summed E-state index contributed by atoms with van der Waals surface area (Å²) in [5.41, 5.74) is 0.973. The Morgan fingerprint density at radius 1 is 1.35 bits per heavy atom. The summed E-state index contributed by atoms with van der Waals surface area (Å²) in [5, 5.41) is 8.77. The molecule has 2 unspecified atom stereocenters. The van der Waals surface area contributed by atoms with Crippen LogP contribution in [0.3, 0.4) is 0 Å². The number of carboxylic acids is 1. The minimum absolute atomic E-state index is 0.214. The van der Waals surface area contributed by atoms with Crippen LogP contribution in [0.1, 0.15) is 32.3 Å². The van der Waals surface area contributed by atoms with Crippen molar-refractivity contribution in [1.29, 1.82) is 0 Å². The largest absolute Gasteiger partial charge is 0.481 e. The van der Waals surface area contributed by atoms with Crippen molar-refractivity contribution in [2.75, 3.05) is 0 Å². The number of hydrogen-bond donors (Lipinski definition) is 1. The van der Waals surface area contributed by atoms with Crippen LogP contribution in [0.4, 0.5) is 4.39 Å². The smallest absolute Gasteiger partial charge is 0.306 e. The van der Waals surface area contributed by atoms with Gasteiger partial charge in [-0.1, -0.05) is 26.0 Å². The first-order chi connectivity index (χ1) is 7.99. The summed E-state index contributed by atoms with van der Waals surface area (Å²) in [6, 6.07) is 6.58. The second-order valence-corrected chi connectivity index (χ2v) is 4.76. The van der Waals surface area contributed by atoms with Gasteiger partial charge in [0.1, 0.15) is 5.82 Å². The van der Waals surface area contributed by atoms with Gasteiger partial charge in [0.2, 0.25) is 0 Å². The Bertz CT molecular complexity index is 376. The summed E-state index contributed by atoms with van der Waals surface area (Å²) in [6.45, 7) is 3.79. The molecule has 1 N–H and O–H groups in total. The fourth-order valence-corrected chi connectivity index (χ4v) is 1.83. The zero-order chi connectivity index (χ0) is 12.8. The summed E-state index contributed by atoms with van der Waals surface area (Å²) < 4.78 is 13.0. The maximum Gasteiger partial charge on any atom is 0.306 e. The van der Waals surface area contributed by atoms with Gasteiger partial charge in [-0.3, -0.25) is 4.79 Å². The van der Waals surface area contributed by atoms with Crippen LogP contribution < -0.4 is 0 Å². The number of halogens is 1. The lowest BCUT2D eigenvalue weighted by Gasteiger charge is -2.13. The van der Waals surface area contributed by atoms with E-state index in [0.29, 0.717) is 12.3 Å². The van der Waals surface area contributed by atoms with Crippen LogP contribution in [0.2, 0.25) is 0 Å². The zero-order valence-corrected chi connectivity index (χ0v) is 10.3. The molecule has 0 spiro atoms. The first-order valence-corrected chi connectivity index (χ1v) is 5.96. The van der Waals surface area contributed by atoms with Gasteiger partial charge in [0.15, 0.2) is 0 Å². The summed E-state index contributed by atoms with van der Waals surface area (Å²) in [4.78, 5) is 10.7. The third-order valence-electron chi connectivity index (χ3n) is 2.99. The van der Waals surface area contributed by atoms with E-state index in [1.54, 1.807) is 13.0 Å². The van der Waals surface area contributed by atoms with E-state index in [0.717, 1.165) is 18.4 Å². The molecule has 0 aromatic heterocycles. The number of rotatable bonds is 6. The molecular formula is C14H19FO2. The molecule has 1 aromatic carbocycles. The van der Waals surface area contributed by atoms with Crippen LogP contribution in [0.5, 0.6) is 0 Å². The van der Waals surface area contributed by atoms with E-state index in [4.69, 9.17) is 5.11 Å². The lowest BCUT2D eigenvalue weighted by Crippen LogP contribution is -2.11. The second-order valence-electron chi connectivity index (χ2n) is 4.76. The Morgan fingerprint density at radius 2 is 2.06 bits per heavy atom. The Labute approximate surface area is 101 Å². The van der Waals surface area contributed by atoms with Gasteiger partial charge in [-0.25, -0.2) is 4.39 Å². The van der Waals surface area contributed by atoms with Crippen molar-refractivity contribution in [1.82, 2.24) is 0 Å². The molecular weight excluding hydrogens is 219 g/mol. The van der Waals surface area contributed by atoms with E-state index in [-0.39, 0.29) is 11.7 Å². The van der Waals surface area contributed by atoms with Crippen LogP contribution in [0.15, 0.2) is 24.3 Å². The molecule has 2 atom stereocenters. The Morgan fingerprint density at radius 3 is 2.65 bits per heavy atom. The molecule has 0 aliphatic carbocycles. The summed E-state index contributed by atoms with van der Waals surface area (Å²) in [6.07, 6.45) is 2.32. The standard InChI is InChI=1S/C14H19FO2/c1-10(6-7-11(2)14(16)17)8-12-4-3-5-13(15)9-12/h3-5,9-11H,6-8H2,1-2H3,(H,16,17). The molecule has 0 heterocycles. The highest BCUT2D eigenvalue weighted by Gasteiger charge is 2.13. The quantitative estimate of drug-likeness (QED) is 0.823. The third-order valence-corrected chi connectivity index (χ3v) is 2.99. The van der Waals surface area contributed by atoms with Crippen molar-refractivity contribution < 1.29 is 14.3 Å². The fraction of sp³-hybridized carbons (Fsp3) is 0.500. The van der Waals surface area contributed by atoms with Crippen molar-refractivity contribution in [2.24, 2.45) is 11.8 Å². The SMILES string of the molecule is CC(CCC(C)C(=O)O)Cc1cccc(F)c1. The van der Waals surface area contributed by atoms with Gasteiger partial charge < -0.3 is 5.11 Å². The third kappa shape index (κ3) is 4.98. The van der Waals surface area contributed by atoms with Crippen molar-refractivity contribution >= 4 is 5.97 Å². The van der Waals surface area contributed by atoms with Gasteiger partial charge in [0, 0.05) is 0 Å². The normalized spacial score (nSPS) is 14.3. The van der Waals surface area contributed by atoms with Crippen LogP contribution >= 0.6 is 0 Å². The highest BCUT2D eigenvalue weighted by Crippen LogP contribution is 2.17. The lowest BCUT2D eigenvalue weighted by atomic mass is 9.93. The maximum atomic E-state index is 13.0. The van der Waals surface area contributed by atoms with E-state index >= 15 is 0 Å². The average molecular weight is 238 g/mol. The molecule has 1 aromatic rings. The minimum Gasteiger partial charge on any atom is -0.481 e. The van der Waals surface area contributed by atoms with Crippen LogP contribution in [-0.4, -0.2) is 11.1 Å². The second kappa shape index (κ2) is 6.38. The summed E-state index contributed by atoms with van der Waals surface area (Å²) in [7, 11) is 0. The number of aliphatic carboxylic acids is 1. The molecule has 17 heavy (non-hydrogen) atoms. The molecule has 94 valence electrons. The van der Waals surface area contributed by atoms with E-state index in [1.807, 2.05) is 6.07 Å². The van der Waals surface area contributed by atoms with E-state index in [2.05, 4.69) is 6.92 Å². The topological polar surface area (TPSA) is 37.3 Å². The van der Waals surface area contributed by atoms with Gasteiger partial charge in [0.25, 0.3) is 0 Å². The predicted octanol–water partition coefficient (Wildman–Crippen LogP) is 3.51. The minimum atomic E-state index is -0.747. The molecule has 0 amide bonds. The first kappa shape index (κ1) is 13.7. The van der Waals surface area contributed by atoms with Gasteiger partial charge in [0.05, 0.1) is 5.92 Å². The van der Waals surface area contributed by atoms with Gasteiger partial charge in [-0.05, 0) is 42.9 Å². The molecule has 0 radical (unpaired) electrons. The molecule has 0 bridgehead atoms. The number of hydrogen-bond acceptors (Lipinski definition) is 1. The van der Waals surface area contributed by atoms with Crippen LogP contribution in [0, 0.1) is 17.7 Å². The van der Waals surface area contributed by atoms with Gasteiger partial charge in [-0.15, -0.1) is 0 Å². The Hall–Kier alpha value is -1.38. The predicted molar refractivity (Wildman–Crippen MR) is 65.3 cm³/mol. The molecule has 0 saturated heterocycles. The van der Waals surface area contributed by atoms with Gasteiger partial charge in [-0.2, -0.15) is 0 Å². The fourth-order valence-electron chi connectivity index (χ4n) is 1.83. The zero-order valence-electron chi connectivity index (χ0n) is 10.3. The molecule has 1 rings (SSSR count). The lowest BCUT2D eigenvalue weighted by molar-refractivity contribution is -0.141. The molecule has 2 nitrogen and oxygen atoms in total. The molecule has 0 saturated carbocycles. The van der Waals surface area contributed by atoms with Crippen molar-refractivity contribution in [3.8, 4) is 0 Å². The van der Waals surface area contributed by atoms with E-state index in [9.17, 15) is 9.18 Å². The summed E-state index contributed by atoms with van der Waals surface area (Å²) in [5.74, 6) is -0.889.